The molecule has 0 radical (unpaired) electrons. The monoisotopic (exact) mass is 480 g/mol. The second-order valence-corrected chi connectivity index (χ2v) is 10.2. The first kappa shape index (κ1) is 24.7. The Labute approximate surface area is 205 Å². The number of benzene rings is 2. The lowest BCUT2D eigenvalue weighted by molar-refractivity contribution is -0.141. The number of nitrogens with one attached hydrogen (secondary N) is 2. The third-order valence-corrected chi connectivity index (χ3v) is 6.67. The Hall–Kier alpha value is -3.39. The summed E-state index contributed by atoms with van der Waals surface area (Å²) in [6.07, 6.45) is -0.685. The maximum absolute atomic E-state index is 12.9. The van der Waals surface area contributed by atoms with Gasteiger partial charge in [0.1, 0.15) is 12.6 Å². The van der Waals surface area contributed by atoms with Gasteiger partial charge < -0.3 is 25.2 Å². The van der Waals surface area contributed by atoms with E-state index in [-0.39, 0.29) is 37.7 Å². The lowest BCUT2D eigenvalue weighted by Crippen LogP contribution is -2.54. The van der Waals surface area contributed by atoms with Gasteiger partial charge in [0.25, 0.3) is 0 Å². The zero-order chi connectivity index (χ0) is 25.2. The standard InChI is InChI=1S/C27H32N2O6/c1-27(2,3)23(24(30)28-13-17-12-16(14-34-17)25(31)32)29-26(33)35-15-22-20-10-6-4-8-18(20)19-9-5-7-11-21(19)22/h4-11,16-17,22-23H,12-15H2,1-3H3,(H,28,30)(H,29,33)(H,31,32)/t16-,17-,23-/m1/s1. The highest BCUT2D eigenvalue weighted by Crippen LogP contribution is 2.44. The van der Waals surface area contributed by atoms with Gasteiger partial charge in [0.05, 0.1) is 18.6 Å². The van der Waals surface area contributed by atoms with Crippen molar-refractivity contribution in [2.45, 2.75) is 45.3 Å². The zero-order valence-corrected chi connectivity index (χ0v) is 20.2. The third kappa shape index (κ3) is 5.48. The van der Waals surface area contributed by atoms with Gasteiger partial charge in [-0.25, -0.2) is 4.79 Å². The summed E-state index contributed by atoms with van der Waals surface area (Å²) in [5.74, 6) is -1.90. The van der Waals surface area contributed by atoms with Gasteiger partial charge in [-0.2, -0.15) is 0 Å². The summed E-state index contributed by atoms with van der Waals surface area (Å²) in [6.45, 7) is 6.04. The fourth-order valence-corrected chi connectivity index (χ4v) is 4.77. The predicted molar refractivity (Wildman–Crippen MR) is 130 cm³/mol. The van der Waals surface area contributed by atoms with Crippen molar-refractivity contribution in [1.29, 1.82) is 0 Å². The first-order valence-electron chi connectivity index (χ1n) is 11.9. The summed E-state index contributed by atoms with van der Waals surface area (Å²) < 4.78 is 11.1. The van der Waals surface area contributed by atoms with E-state index in [1.165, 1.54) is 0 Å². The van der Waals surface area contributed by atoms with Gasteiger partial charge in [-0.3, -0.25) is 9.59 Å². The van der Waals surface area contributed by atoms with Crippen molar-refractivity contribution in [2.75, 3.05) is 19.8 Å². The minimum absolute atomic E-state index is 0.0724. The van der Waals surface area contributed by atoms with E-state index in [2.05, 4.69) is 22.8 Å². The van der Waals surface area contributed by atoms with E-state index >= 15 is 0 Å². The van der Waals surface area contributed by atoms with Gasteiger partial charge in [-0.05, 0) is 34.1 Å². The number of hydrogen-bond acceptors (Lipinski definition) is 5. The first-order valence-corrected chi connectivity index (χ1v) is 11.9. The number of aliphatic carboxylic acids is 1. The molecule has 1 aliphatic heterocycles. The quantitative estimate of drug-likeness (QED) is 0.559. The fourth-order valence-electron chi connectivity index (χ4n) is 4.77. The van der Waals surface area contributed by atoms with Crippen LogP contribution in [-0.2, 0) is 19.1 Å². The van der Waals surface area contributed by atoms with Crippen LogP contribution in [0.3, 0.4) is 0 Å². The van der Waals surface area contributed by atoms with E-state index in [4.69, 9.17) is 14.6 Å². The average molecular weight is 481 g/mol. The molecule has 186 valence electrons. The first-order chi connectivity index (χ1) is 16.6. The molecule has 2 aliphatic rings. The zero-order valence-electron chi connectivity index (χ0n) is 20.2. The molecule has 1 heterocycles. The molecule has 0 saturated carbocycles. The SMILES string of the molecule is CC(C)(C)[C@H](NC(=O)OCC1c2ccccc2-c2ccccc21)C(=O)NC[C@H]1C[C@@H](C(=O)O)CO1. The summed E-state index contributed by atoms with van der Waals surface area (Å²) >= 11 is 0. The Bertz CT molecular complexity index is 1060. The van der Waals surface area contributed by atoms with Crippen LogP contribution in [-0.4, -0.2) is 55.0 Å². The minimum Gasteiger partial charge on any atom is -0.481 e. The number of carbonyl (C=O) groups excluding carboxylic acids is 2. The summed E-state index contributed by atoms with van der Waals surface area (Å²) in [5, 5.41) is 14.6. The molecule has 0 spiro atoms. The maximum atomic E-state index is 12.9. The van der Waals surface area contributed by atoms with Crippen LogP contribution in [0.15, 0.2) is 48.5 Å². The predicted octanol–water partition coefficient (Wildman–Crippen LogP) is 3.55. The van der Waals surface area contributed by atoms with Gasteiger partial charge >= 0.3 is 12.1 Å². The number of carboxylic acid groups (broad SMARTS) is 1. The van der Waals surface area contributed by atoms with E-state index in [0.29, 0.717) is 6.42 Å². The Kier molecular flexibility index (Phi) is 7.12. The molecule has 0 unspecified atom stereocenters. The normalized spacial score (nSPS) is 20.0. The van der Waals surface area contributed by atoms with Crippen LogP contribution in [0.4, 0.5) is 4.79 Å². The molecule has 1 saturated heterocycles. The number of fused-ring (bicyclic) bond motifs is 3. The van der Waals surface area contributed by atoms with Gasteiger partial charge in [0.2, 0.25) is 5.91 Å². The highest BCUT2D eigenvalue weighted by Gasteiger charge is 2.36. The molecule has 8 nitrogen and oxygen atoms in total. The molecule has 1 aliphatic carbocycles. The molecule has 3 N–H and O–H groups in total. The molecule has 4 rings (SSSR count). The third-order valence-electron chi connectivity index (χ3n) is 6.67. The van der Waals surface area contributed by atoms with Crippen molar-refractivity contribution in [3.8, 4) is 11.1 Å². The van der Waals surface area contributed by atoms with Crippen LogP contribution in [0.2, 0.25) is 0 Å². The lowest BCUT2D eigenvalue weighted by Gasteiger charge is -2.30. The van der Waals surface area contributed by atoms with Crippen LogP contribution in [0, 0.1) is 11.3 Å². The van der Waals surface area contributed by atoms with E-state index in [1.807, 2.05) is 57.2 Å². The molecule has 8 heteroatoms. The van der Waals surface area contributed by atoms with Gasteiger partial charge in [-0.1, -0.05) is 69.3 Å². The summed E-state index contributed by atoms with van der Waals surface area (Å²) in [7, 11) is 0. The van der Waals surface area contributed by atoms with Crippen LogP contribution in [0.1, 0.15) is 44.2 Å². The van der Waals surface area contributed by atoms with Crippen LogP contribution >= 0.6 is 0 Å². The van der Waals surface area contributed by atoms with Gasteiger partial charge in [0.15, 0.2) is 0 Å². The molecule has 2 aromatic carbocycles. The highest BCUT2D eigenvalue weighted by atomic mass is 16.5. The number of alkyl carbamates (subject to hydrolysis) is 1. The molecule has 1 fully saturated rings. The maximum Gasteiger partial charge on any atom is 0.407 e. The van der Waals surface area contributed by atoms with Crippen LogP contribution in [0.25, 0.3) is 11.1 Å². The molecule has 2 amide bonds. The Morgan fingerprint density at radius 1 is 1.06 bits per heavy atom. The molecule has 0 bridgehead atoms. The van der Waals surface area contributed by atoms with E-state index < -0.39 is 29.4 Å². The van der Waals surface area contributed by atoms with Crippen molar-refractivity contribution in [1.82, 2.24) is 10.6 Å². The number of hydrogen-bond donors (Lipinski definition) is 3. The summed E-state index contributed by atoms with van der Waals surface area (Å²) in [5.41, 5.74) is 3.94. The molecule has 35 heavy (non-hydrogen) atoms. The van der Waals surface area contributed by atoms with Crippen molar-refractivity contribution >= 4 is 18.0 Å². The van der Waals surface area contributed by atoms with Crippen molar-refractivity contribution in [3.05, 3.63) is 59.7 Å². The lowest BCUT2D eigenvalue weighted by atomic mass is 9.86. The number of carbonyl (C=O) groups is 3. The number of ether oxygens (including phenoxy) is 2. The van der Waals surface area contributed by atoms with Crippen molar-refractivity contribution < 1.29 is 29.0 Å². The number of rotatable bonds is 7. The van der Waals surface area contributed by atoms with Crippen LogP contribution in [0.5, 0.6) is 0 Å². The topological polar surface area (TPSA) is 114 Å². The smallest absolute Gasteiger partial charge is 0.407 e. The minimum atomic E-state index is -0.900. The number of amides is 2. The van der Waals surface area contributed by atoms with Gasteiger partial charge in [-0.15, -0.1) is 0 Å². The average Bonchev–Trinajstić information content (AvgIpc) is 3.42. The summed E-state index contributed by atoms with van der Waals surface area (Å²) in [6, 6.07) is 15.3. The molecular weight excluding hydrogens is 448 g/mol. The second-order valence-electron chi connectivity index (χ2n) is 10.2. The molecule has 2 aromatic rings. The van der Waals surface area contributed by atoms with Crippen LogP contribution < -0.4 is 10.6 Å². The van der Waals surface area contributed by atoms with Crippen molar-refractivity contribution in [2.24, 2.45) is 11.3 Å². The summed E-state index contributed by atoms with van der Waals surface area (Å²) in [4.78, 5) is 36.8. The molecule has 3 atom stereocenters. The highest BCUT2D eigenvalue weighted by molar-refractivity contribution is 5.86. The Morgan fingerprint density at radius 2 is 1.66 bits per heavy atom. The fraction of sp³-hybridized carbons (Fsp3) is 0.444. The van der Waals surface area contributed by atoms with Crippen molar-refractivity contribution in [3.63, 3.8) is 0 Å². The Balaban J connectivity index is 1.35. The van der Waals surface area contributed by atoms with E-state index in [1.54, 1.807) is 0 Å². The van der Waals surface area contributed by atoms with E-state index in [0.717, 1.165) is 22.3 Å². The Morgan fingerprint density at radius 3 is 2.20 bits per heavy atom. The van der Waals surface area contributed by atoms with E-state index in [9.17, 15) is 14.4 Å². The second kappa shape index (κ2) is 10.1. The molecular formula is C27H32N2O6. The largest absolute Gasteiger partial charge is 0.481 e. The number of carboxylic acids is 1. The van der Waals surface area contributed by atoms with Gasteiger partial charge in [0, 0.05) is 12.5 Å². The molecule has 0 aromatic heterocycles.